The fraction of sp³-hybridized carbons (Fsp3) is 0.833. The molecule has 90 valence electrons. The number of rotatable bonds is 2. The predicted octanol–water partition coefficient (Wildman–Crippen LogP) is 1.67. The van der Waals surface area contributed by atoms with Gasteiger partial charge in [-0.1, -0.05) is 6.42 Å². The van der Waals surface area contributed by atoms with Gasteiger partial charge in [0.15, 0.2) is 0 Å². The zero-order valence-corrected chi connectivity index (χ0v) is 9.88. The summed E-state index contributed by atoms with van der Waals surface area (Å²) in [5.74, 6) is -0.309. The van der Waals surface area contributed by atoms with Gasteiger partial charge in [-0.2, -0.15) is 0 Å². The average molecular weight is 226 g/mol. The van der Waals surface area contributed by atoms with Gasteiger partial charge in [0.25, 0.3) is 0 Å². The van der Waals surface area contributed by atoms with Gasteiger partial charge in [-0.15, -0.1) is 0 Å². The Morgan fingerprint density at radius 2 is 1.31 bits per heavy atom. The first-order valence-corrected chi connectivity index (χ1v) is 5.75. The molecule has 0 aromatic carbocycles. The minimum absolute atomic E-state index is 0.155. The molecule has 2 aliphatic rings. The van der Waals surface area contributed by atoms with Crippen LogP contribution in [0.25, 0.3) is 0 Å². The molecule has 0 unspecified atom stereocenters. The van der Waals surface area contributed by atoms with Gasteiger partial charge >= 0.3 is 11.9 Å². The highest BCUT2D eigenvalue weighted by Gasteiger charge is 2.59. The van der Waals surface area contributed by atoms with Crippen molar-refractivity contribution in [2.75, 3.05) is 14.2 Å². The normalized spacial score (nSPS) is 36.9. The molecule has 4 nitrogen and oxygen atoms in total. The number of ether oxygens (including phenoxy) is 2. The van der Waals surface area contributed by atoms with E-state index < -0.39 is 10.8 Å². The zero-order chi connectivity index (χ0) is 11.8. The van der Waals surface area contributed by atoms with Crippen molar-refractivity contribution in [1.82, 2.24) is 0 Å². The van der Waals surface area contributed by atoms with Crippen LogP contribution in [0, 0.1) is 10.8 Å². The number of hydrogen-bond acceptors (Lipinski definition) is 4. The van der Waals surface area contributed by atoms with Gasteiger partial charge in [-0.3, -0.25) is 9.59 Å². The van der Waals surface area contributed by atoms with Crippen LogP contribution in [-0.2, 0) is 19.1 Å². The van der Waals surface area contributed by atoms with Crippen molar-refractivity contribution in [1.29, 1.82) is 0 Å². The van der Waals surface area contributed by atoms with Crippen LogP contribution in [0.2, 0.25) is 0 Å². The highest BCUT2D eigenvalue weighted by molar-refractivity contribution is 5.83. The number of carbonyl (C=O) groups is 2. The maximum Gasteiger partial charge on any atom is 0.311 e. The molecule has 2 saturated carbocycles. The van der Waals surface area contributed by atoms with Gasteiger partial charge in [-0.05, 0) is 32.1 Å². The molecule has 0 spiro atoms. The minimum atomic E-state index is -0.415. The van der Waals surface area contributed by atoms with E-state index in [0.717, 1.165) is 32.1 Å². The van der Waals surface area contributed by atoms with E-state index >= 15 is 0 Å². The van der Waals surface area contributed by atoms with Crippen molar-refractivity contribution in [3.63, 3.8) is 0 Å². The van der Waals surface area contributed by atoms with E-state index in [0.29, 0.717) is 6.42 Å². The van der Waals surface area contributed by atoms with E-state index in [1.54, 1.807) is 0 Å². The van der Waals surface area contributed by atoms with Gasteiger partial charge in [-0.25, -0.2) is 0 Å². The zero-order valence-electron chi connectivity index (χ0n) is 9.88. The fourth-order valence-electron chi connectivity index (χ4n) is 3.48. The smallest absolute Gasteiger partial charge is 0.311 e. The molecule has 0 N–H and O–H groups in total. The maximum absolute atomic E-state index is 11.8. The summed E-state index contributed by atoms with van der Waals surface area (Å²) in [5.41, 5.74) is -0.831. The molecule has 2 bridgehead atoms. The summed E-state index contributed by atoms with van der Waals surface area (Å²) >= 11 is 0. The van der Waals surface area contributed by atoms with Crippen molar-refractivity contribution >= 4 is 11.9 Å². The number of carbonyl (C=O) groups excluding carboxylic acids is 2. The van der Waals surface area contributed by atoms with E-state index in [4.69, 9.17) is 9.47 Å². The van der Waals surface area contributed by atoms with E-state index in [2.05, 4.69) is 0 Å². The minimum Gasteiger partial charge on any atom is -0.469 e. The Bertz CT molecular complexity index is 295. The molecule has 0 radical (unpaired) electrons. The second-order valence-corrected chi connectivity index (χ2v) is 5.07. The molecule has 2 rings (SSSR count). The third-order valence-corrected chi connectivity index (χ3v) is 4.31. The molecule has 4 heteroatoms. The van der Waals surface area contributed by atoms with Crippen LogP contribution in [0.15, 0.2) is 0 Å². The Morgan fingerprint density at radius 1 is 0.875 bits per heavy atom. The monoisotopic (exact) mass is 226 g/mol. The van der Waals surface area contributed by atoms with Crippen LogP contribution in [-0.4, -0.2) is 26.2 Å². The van der Waals surface area contributed by atoms with E-state index in [1.807, 2.05) is 0 Å². The topological polar surface area (TPSA) is 52.6 Å². The molecule has 2 fully saturated rings. The lowest BCUT2D eigenvalue weighted by atomic mass is 9.69. The summed E-state index contributed by atoms with van der Waals surface area (Å²) in [6, 6.07) is 0. The summed E-state index contributed by atoms with van der Waals surface area (Å²) < 4.78 is 9.76. The number of methoxy groups -OCH3 is 2. The molecule has 0 saturated heterocycles. The Kier molecular flexibility index (Phi) is 2.68. The number of hydrogen-bond donors (Lipinski definition) is 0. The average Bonchev–Trinajstić information content (AvgIpc) is 2.61. The summed E-state index contributed by atoms with van der Waals surface area (Å²) in [6.07, 6.45) is 4.73. The van der Waals surface area contributed by atoms with Crippen LogP contribution in [0.3, 0.4) is 0 Å². The van der Waals surface area contributed by atoms with Crippen LogP contribution in [0.4, 0.5) is 0 Å². The van der Waals surface area contributed by atoms with Crippen molar-refractivity contribution in [2.24, 2.45) is 10.8 Å². The third-order valence-electron chi connectivity index (χ3n) is 4.31. The first kappa shape index (κ1) is 11.4. The Hall–Kier alpha value is -1.06. The molecule has 0 amide bonds. The SMILES string of the molecule is COC(=O)[C@@]12CCC[C@](C(=O)OC)(CC1)C2. The van der Waals surface area contributed by atoms with Crippen LogP contribution in [0.5, 0.6) is 0 Å². The van der Waals surface area contributed by atoms with Crippen LogP contribution >= 0.6 is 0 Å². The van der Waals surface area contributed by atoms with E-state index in [-0.39, 0.29) is 11.9 Å². The van der Waals surface area contributed by atoms with Crippen molar-refractivity contribution in [2.45, 2.75) is 38.5 Å². The summed E-state index contributed by atoms with van der Waals surface area (Å²) in [7, 11) is 2.84. The molecular weight excluding hydrogens is 208 g/mol. The summed E-state index contributed by atoms with van der Waals surface area (Å²) in [4.78, 5) is 23.7. The first-order valence-electron chi connectivity index (χ1n) is 5.75. The number of esters is 2. The lowest BCUT2D eigenvalue weighted by Crippen LogP contribution is -2.39. The summed E-state index contributed by atoms with van der Waals surface area (Å²) in [6.45, 7) is 0. The Morgan fingerprint density at radius 3 is 1.69 bits per heavy atom. The van der Waals surface area contributed by atoms with Crippen molar-refractivity contribution < 1.29 is 19.1 Å². The van der Waals surface area contributed by atoms with Gasteiger partial charge in [0.2, 0.25) is 0 Å². The number of fused-ring (bicyclic) bond motifs is 2. The van der Waals surface area contributed by atoms with E-state index in [1.165, 1.54) is 14.2 Å². The standard InChI is InChI=1S/C12H18O4/c1-15-9(13)11-4-3-5-12(8-11,7-6-11)10(14)16-2/h3-8H2,1-2H3/t11-,12-/m0/s1. The molecule has 16 heavy (non-hydrogen) atoms. The second-order valence-electron chi connectivity index (χ2n) is 5.07. The molecule has 0 aliphatic heterocycles. The summed E-state index contributed by atoms with van der Waals surface area (Å²) in [5, 5.41) is 0. The fourth-order valence-corrected chi connectivity index (χ4v) is 3.48. The quantitative estimate of drug-likeness (QED) is 0.672. The van der Waals surface area contributed by atoms with Gasteiger partial charge in [0.1, 0.15) is 0 Å². The third kappa shape index (κ3) is 1.43. The van der Waals surface area contributed by atoms with Gasteiger partial charge < -0.3 is 9.47 Å². The Labute approximate surface area is 95.3 Å². The second kappa shape index (κ2) is 3.75. The Balaban J connectivity index is 2.24. The first-order chi connectivity index (χ1) is 7.58. The predicted molar refractivity (Wildman–Crippen MR) is 56.6 cm³/mol. The van der Waals surface area contributed by atoms with Crippen LogP contribution in [0.1, 0.15) is 38.5 Å². The van der Waals surface area contributed by atoms with Crippen LogP contribution < -0.4 is 0 Å². The molecule has 2 aliphatic carbocycles. The van der Waals surface area contributed by atoms with Crippen molar-refractivity contribution in [3.05, 3.63) is 0 Å². The molecule has 0 heterocycles. The molecular formula is C12H18O4. The molecule has 2 atom stereocenters. The van der Waals surface area contributed by atoms with Gasteiger partial charge in [0.05, 0.1) is 25.0 Å². The molecule has 0 aromatic heterocycles. The van der Waals surface area contributed by atoms with Gasteiger partial charge in [0, 0.05) is 0 Å². The largest absolute Gasteiger partial charge is 0.469 e. The van der Waals surface area contributed by atoms with Crippen molar-refractivity contribution in [3.8, 4) is 0 Å². The van der Waals surface area contributed by atoms with E-state index in [9.17, 15) is 9.59 Å². The maximum atomic E-state index is 11.8. The highest BCUT2D eigenvalue weighted by Crippen LogP contribution is 2.59. The molecule has 0 aromatic rings. The lowest BCUT2D eigenvalue weighted by Gasteiger charge is -2.35. The lowest BCUT2D eigenvalue weighted by molar-refractivity contribution is -0.160. The highest BCUT2D eigenvalue weighted by atomic mass is 16.5.